The molecule has 0 fully saturated rings. The maximum atomic E-state index is 13.7. The molecule has 1 N–H and O–H groups in total. The molecule has 0 aliphatic heterocycles. The number of anilines is 1. The number of aryl methyl sites for hydroxylation is 1. The number of aromatic nitrogens is 2. The van der Waals surface area contributed by atoms with Gasteiger partial charge in [-0.1, -0.05) is 0 Å². The van der Waals surface area contributed by atoms with Crippen LogP contribution >= 0.6 is 15.9 Å². The van der Waals surface area contributed by atoms with Gasteiger partial charge in [-0.2, -0.15) is 18.3 Å². The minimum Gasteiger partial charge on any atom is -0.319 e. The molecule has 1 aromatic carbocycles. The number of nitrogens with zero attached hydrogens (tertiary/aromatic N) is 2. The lowest BCUT2D eigenvalue weighted by Gasteiger charge is -2.14. The van der Waals surface area contributed by atoms with Gasteiger partial charge < -0.3 is 5.32 Å². The highest BCUT2D eigenvalue weighted by Crippen LogP contribution is 2.38. The number of amides is 1. The molecule has 12 heteroatoms. The molecule has 0 saturated heterocycles. The van der Waals surface area contributed by atoms with Gasteiger partial charge in [0.05, 0.1) is 10.2 Å². The first-order valence-corrected chi connectivity index (χ1v) is 7.15. The van der Waals surface area contributed by atoms with Crippen LogP contribution in [0.4, 0.5) is 36.4 Å². The largest absolute Gasteiger partial charge is 0.422 e. The van der Waals surface area contributed by atoms with Gasteiger partial charge in [-0.25, -0.2) is 17.6 Å². The molecule has 25 heavy (non-hydrogen) atoms. The Bertz CT molecular complexity index is 799. The van der Waals surface area contributed by atoms with Crippen molar-refractivity contribution in [3.63, 3.8) is 0 Å². The minimum atomic E-state index is -5.66. The maximum Gasteiger partial charge on any atom is 0.422 e. The summed E-state index contributed by atoms with van der Waals surface area (Å²) < 4.78 is 93.2. The predicted molar refractivity (Wildman–Crippen MR) is 74.6 cm³/mol. The molecule has 1 aromatic heterocycles. The number of rotatable bonds is 3. The number of carbonyl (C=O) groups excluding carboxylic acids is 1. The minimum absolute atomic E-state index is 0.483. The highest BCUT2D eigenvalue weighted by molar-refractivity contribution is 9.10. The zero-order valence-corrected chi connectivity index (χ0v) is 13.7. The normalized spacial score (nSPS) is 11.7. The monoisotopic (exact) mass is 433 g/mol. The zero-order valence-electron chi connectivity index (χ0n) is 12.1. The fourth-order valence-corrected chi connectivity index (χ4v) is 2.21. The van der Waals surface area contributed by atoms with Crippen molar-refractivity contribution in [2.24, 2.45) is 0 Å². The van der Waals surface area contributed by atoms with Gasteiger partial charge >= 0.3 is 6.18 Å². The lowest BCUT2D eigenvalue weighted by Crippen LogP contribution is -2.23. The average molecular weight is 434 g/mol. The van der Waals surface area contributed by atoms with E-state index < -0.39 is 53.1 Å². The van der Waals surface area contributed by atoms with Crippen LogP contribution < -0.4 is 5.32 Å². The van der Waals surface area contributed by atoms with E-state index in [0.717, 1.165) is 4.68 Å². The van der Waals surface area contributed by atoms with Crippen LogP contribution in [-0.2, 0) is 17.5 Å². The molecule has 0 aliphatic rings. The zero-order chi connectivity index (χ0) is 19.1. The molecule has 4 nitrogen and oxygen atoms in total. The molecule has 0 spiro atoms. The number of halogens is 8. The van der Waals surface area contributed by atoms with Crippen molar-refractivity contribution in [1.29, 1.82) is 0 Å². The van der Waals surface area contributed by atoms with E-state index in [2.05, 4.69) is 21.0 Å². The Hall–Kier alpha value is -2.11. The second kappa shape index (κ2) is 6.65. The van der Waals surface area contributed by atoms with Crippen LogP contribution in [-0.4, -0.2) is 15.7 Å². The van der Waals surface area contributed by atoms with Crippen molar-refractivity contribution in [2.75, 3.05) is 5.32 Å². The molecule has 0 aliphatic carbocycles. The summed E-state index contributed by atoms with van der Waals surface area (Å²) in [4.78, 5) is 11.7. The molecule has 2 rings (SSSR count). The summed E-state index contributed by atoms with van der Waals surface area (Å²) >= 11 is 3.10. The number of nitrogens with one attached hydrogen (secondary N) is 1. The fourth-order valence-electron chi connectivity index (χ4n) is 1.89. The van der Waals surface area contributed by atoms with E-state index in [4.69, 9.17) is 0 Å². The molecule has 0 saturated carbocycles. The van der Waals surface area contributed by atoms with E-state index in [9.17, 15) is 35.5 Å². The van der Waals surface area contributed by atoms with Crippen molar-refractivity contribution in [1.82, 2.24) is 9.78 Å². The van der Waals surface area contributed by atoms with Gasteiger partial charge in [-0.05, 0) is 22.9 Å². The fraction of sp³-hybridized carbons (Fsp3) is 0.231. The van der Waals surface area contributed by atoms with Crippen LogP contribution in [0.2, 0.25) is 0 Å². The van der Waals surface area contributed by atoms with E-state index >= 15 is 0 Å². The topological polar surface area (TPSA) is 46.9 Å². The number of hydrogen-bond acceptors (Lipinski definition) is 2. The van der Waals surface area contributed by atoms with Crippen LogP contribution in [0, 0.1) is 30.2 Å². The first-order valence-electron chi connectivity index (χ1n) is 6.36. The summed E-state index contributed by atoms with van der Waals surface area (Å²) in [5, 5.41) is 5.35. The summed E-state index contributed by atoms with van der Waals surface area (Å²) in [6.45, 7) is 0.980. The molecule has 0 bridgehead atoms. The second-order valence-corrected chi connectivity index (χ2v) is 5.67. The average Bonchev–Trinajstić information content (AvgIpc) is 2.78. The third-order valence-electron chi connectivity index (χ3n) is 3.00. The first-order chi connectivity index (χ1) is 11.4. The van der Waals surface area contributed by atoms with Gasteiger partial charge in [-0.15, -0.1) is 0 Å². The van der Waals surface area contributed by atoms with E-state index in [1.807, 2.05) is 0 Å². The smallest absolute Gasteiger partial charge is 0.319 e. The molecule has 1 amide bonds. The van der Waals surface area contributed by atoms with Crippen molar-refractivity contribution >= 4 is 27.5 Å². The van der Waals surface area contributed by atoms with Crippen molar-refractivity contribution in [3.05, 3.63) is 45.2 Å². The van der Waals surface area contributed by atoms with Gasteiger partial charge in [0, 0.05) is 6.20 Å². The molecule has 0 atom stereocenters. The van der Waals surface area contributed by atoms with Crippen molar-refractivity contribution in [2.45, 2.75) is 19.6 Å². The molecular formula is C13H7BrF7N3O. The molecular weight excluding hydrogens is 427 g/mol. The van der Waals surface area contributed by atoms with Crippen molar-refractivity contribution < 1.29 is 35.5 Å². The van der Waals surface area contributed by atoms with E-state index in [1.54, 1.807) is 6.92 Å². The SMILES string of the molecule is Cc1nn(CC(=O)Nc2c(F)c(F)c(C(F)(F)F)c(F)c2F)cc1Br. The molecule has 2 aromatic rings. The molecule has 1 heterocycles. The van der Waals surface area contributed by atoms with Gasteiger partial charge in [0.2, 0.25) is 5.91 Å². The van der Waals surface area contributed by atoms with Gasteiger partial charge in [-0.3, -0.25) is 9.48 Å². The Morgan fingerprint density at radius 2 is 1.68 bits per heavy atom. The Labute approximate surface area is 143 Å². The van der Waals surface area contributed by atoms with Gasteiger partial charge in [0.1, 0.15) is 17.8 Å². The number of carbonyl (C=O) groups is 1. The third-order valence-corrected chi connectivity index (χ3v) is 3.78. The molecule has 136 valence electrons. The van der Waals surface area contributed by atoms with Crippen LogP contribution in [0.3, 0.4) is 0 Å². The molecule has 0 unspecified atom stereocenters. The Morgan fingerprint density at radius 1 is 1.16 bits per heavy atom. The summed E-state index contributed by atoms with van der Waals surface area (Å²) in [5.74, 6) is -11.2. The van der Waals surface area contributed by atoms with Crippen LogP contribution in [0.5, 0.6) is 0 Å². The van der Waals surface area contributed by atoms with Crippen LogP contribution in [0.25, 0.3) is 0 Å². The Kier molecular flexibility index (Phi) is 5.11. The standard InChI is InChI=1S/C13H7BrF7N3O/c1-4-5(14)2-24(23-4)3-6(25)22-12-10(17)8(15)7(13(19,20)21)9(16)11(12)18/h2H,3H2,1H3,(H,22,25). The quantitative estimate of drug-likeness (QED) is 0.583. The molecule has 0 radical (unpaired) electrons. The lowest BCUT2D eigenvalue weighted by molar-refractivity contribution is -0.143. The number of benzene rings is 1. The summed E-state index contributed by atoms with van der Waals surface area (Å²) in [6, 6.07) is 0. The summed E-state index contributed by atoms with van der Waals surface area (Å²) in [5.41, 5.74) is -3.89. The highest BCUT2D eigenvalue weighted by atomic mass is 79.9. The van der Waals surface area contributed by atoms with E-state index in [1.165, 1.54) is 11.5 Å². The second-order valence-electron chi connectivity index (χ2n) is 4.81. The van der Waals surface area contributed by atoms with Crippen LogP contribution in [0.15, 0.2) is 10.7 Å². The Balaban J connectivity index is 2.35. The number of hydrogen-bond donors (Lipinski definition) is 1. The Morgan fingerprint density at radius 3 is 2.08 bits per heavy atom. The first kappa shape index (κ1) is 19.2. The summed E-state index contributed by atoms with van der Waals surface area (Å²) in [6.07, 6.45) is -4.31. The van der Waals surface area contributed by atoms with Crippen molar-refractivity contribution in [3.8, 4) is 0 Å². The lowest BCUT2D eigenvalue weighted by atomic mass is 10.1. The maximum absolute atomic E-state index is 13.7. The summed E-state index contributed by atoms with van der Waals surface area (Å²) in [7, 11) is 0. The van der Waals surface area contributed by atoms with Crippen LogP contribution in [0.1, 0.15) is 11.3 Å². The number of alkyl halides is 3. The van der Waals surface area contributed by atoms with E-state index in [-0.39, 0.29) is 0 Å². The highest BCUT2D eigenvalue weighted by Gasteiger charge is 2.42. The van der Waals surface area contributed by atoms with Gasteiger partial charge in [0.25, 0.3) is 0 Å². The van der Waals surface area contributed by atoms with E-state index in [0.29, 0.717) is 10.2 Å². The van der Waals surface area contributed by atoms with Gasteiger partial charge in [0.15, 0.2) is 23.3 Å². The third kappa shape index (κ3) is 3.78. The predicted octanol–water partition coefficient (Wildman–Crippen LogP) is 4.17.